The SMILES string of the molecule is CC(=CC=CC=Cc1ccc[nH]1)C(O)=CC(=O)C(C)C. The largest absolute Gasteiger partial charge is 0.508 e. The molecule has 0 bridgehead atoms. The Bertz CT molecular complexity index is 544. The number of aliphatic hydroxyl groups is 1. The van der Waals surface area contributed by atoms with Crippen LogP contribution in [0.4, 0.5) is 0 Å². The fourth-order valence-electron chi connectivity index (χ4n) is 1.37. The van der Waals surface area contributed by atoms with E-state index >= 15 is 0 Å². The third-order valence-electron chi connectivity index (χ3n) is 2.72. The topological polar surface area (TPSA) is 53.1 Å². The van der Waals surface area contributed by atoms with Crippen molar-refractivity contribution in [1.29, 1.82) is 0 Å². The number of nitrogens with one attached hydrogen (secondary N) is 1. The molecule has 0 spiro atoms. The fraction of sp³-hybridized carbons (Fsp3) is 0.235. The molecule has 3 nitrogen and oxygen atoms in total. The Labute approximate surface area is 120 Å². The quantitative estimate of drug-likeness (QED) is 0.463. The summed E-state index contributed by atoms with van der Waals surface area (Å²) in [6, 6.07) is 3.90. The Morgan fingerprint density at radius 3 is 2.65 bits per heavy atom. The molecule has 3 heteroatoms. The molecule has 0 aliphatic heterocycles. The first-order chi connectivity index (χ1) is 9.50. The zero-order valence-corrected chi connectivity index (χ0v) is 12.1. The highest BCUT2D eigenvalue weighted by Gasteiger charge is 2.05. The summed E-state index contributed by atoms with van der Waals surface area (Å²) in [4.78, 5) is 14.5. The van der Waals surface area contributed by atoms with Crippen LogP contribution < -0.4 is 0 Å². The Morgan fingerprint density at radius 1 is 1.30 bits per heavy atom. The first kappa shape index (κ1) is 15.8. The molecule has 1 heterocycles. The van der Waals surface area contributed by atoms with Crippen molar-refractivity contribution in [3.05, 3.63) is 65.7 Å². The third kappa shape index (κ3) is 5.57. The van der Waals surface area contributed by atoms with Crippen molar-refractivity contribution in [2.75, 3.05) is 0 Å². The van der Waals surface area contributed by atoms with Crippen LogP contribution in [0, 0.1) is 5.92 Å². The van der Waals surface area contributed by atoms with Gasteiger partial charge in [0.1, 0.15) is 5.76 Å². The highest BCUT2D eigenvalue weighted by atomic mass is 16.3. The monoisotopic (exact) mass is 271 g/mol. The number of hydrogen-bond donors (Lipinski definition) is 2. The zero-order valence-electron chi connectivity index (χ0n) is 12.1. The lowest BCUT2D eigenvalue weighted by molar-refractivity contribution is -0.117. The summed E-state index contributed by atoms with van der Waals surface area (Å²) in [5.41, 5.74) is 1.68. The van der Waals surface area contributed by atoms with E-state index in [0.29, 0.717) is 5.57 Å². The fourth-order valence-corrected chi connectivity index (χ4v) is 1.37. The Hall–Kier alpha value is -2.29. The number of aliphatic hydroxyl groups excluding tert-OH is 1. The summed E-state index contributed by atoms with van der Waals surface area (Å²) < 4.78 is 0. The van der Waals surface area contributed by atoms with Crippen molar-refractivity contribution >= 4 is 11.9 Å². The van der Waals surface area contributed by atoms with Gasteiger partial charge in [0, 0.05) is 23.9 Å². The number of carbonyl (C=O) groups is 1. The van der Waals surface area contributed by atoms with E-state index < -0.39 is 0 Å². The number of aromatic amines is 1. The maximum atomic E-state index is 11.5. The van der Waals surface area contributed by atoms with Crippen LogP contribution >= 0.6 is 0 Å². The molecule has 0 aliphatic rings. The molecule has 1 aromatic rings. The predicted molar refractivity (Wildman–Crippen MR) is 83.3 cm³/mol. The van der Waals surface area contributed by atoms with Gasteiger partial charge in [0.2, 0.25) is 0 Å². The lowest BCUT2D eigenvalue weighted by Crippen LogP contribution is -2.04. The molecule has 0 aliphatic carbocycles. The number of rotatable bonds is 6. The molecule has 0 saturated heterocycles. The predicted octanol–water partition coefficient (Wildman–Crippen LogP) is 4.20. The van der Waals surface area contributed by atoms with Gasteiger partial charge in [0.05, 0.1) is 0 Å². The minimum Gasteiger partial charge on any atom is -0.508 e. The molecule has 0 amide bonds. The minimum atomic E-state index is -0.107. The first-order valence-electron chi connectivity index (χ1n) is 6.60. The van der Waals surface area contributed by atoms with Gasteiger partial charge >= 0.3 is 0 Å². The van der Waals surface area contributed by atoms with E-state index in [2.05, 4.69) is 4.98 Å². The Kier molecular flexibility index (Phi) is 6.30. The van der Waals surface area contributed by atoms with Gasteiger partial charge in [-0.2, -0.15) is 0 Å². The average Bonchev–Trinajstić information content (AvgIpc) is 2.90. The third-order valence-corrected chi connectivity index (χ3v) is 2.72. The minimum absolute atomic E-state index is 0.0155. The molecule has 0 saturated carbocycles. The van der Waals surface area contributed by atoms with Crippen LogP contribution in [0.3, 0.4) is 0 Å². The van der Waals surface area contributed by atoms with Gasteiger partial charge in [-0.15, -0.1) is 0 Å². The van der Waals surface area contributed by atoms with Crippen LogP contribution in [0.2, 0.25) is 0 Å². The molecule has 1 aromatic heterocycles. The van der Waals surface area contributed by atoms with Crippen LogP contribution in [0.5, 0.6) is 0 Å². The molecular weight excluding hydrogens is 250 g/mol. The molecule has 0 atom stereocenters. The average molecular weight is 271 g/mol. The second kappa shape index (κ2) is 8.00. The van der Waals surface area contributed by atoms with Crippen molar-refractivity contribution in [3.8, 4) is 0 Å². The summed E-state index contributed by atoms with van der Waals surface area (Å²) in [6.45, 7) is 5.37. The lowest BCUT2D eigenvalue weighted by atomic mass is 10.1. The molecular formula is C17H21NO2. The van der Waals surface area contributed by atoms with Crippen molar-refractivity contribution in [2.24, 2.45) is 5.92 Å². The summed E-state index contributed by atoms with van der Waals surface area (Å²) in [6.07, 6.45) is 12.4. The Morgan fingerprint density at radius 2 is 2.05 bits per heavy atom. The van der Waals surface area contributed by atoms with Gasteiger partial charge in [-0.1, -0.05) is 38.2 Å². The van der Waals surface area contributed by atoms with Gasteiger partial charge < -0.3 is 10.1 Å². The maximum absolute atomic E-state index is 11.5. The van der Waals surface area contributed by atoms with E-state index in [1.54, 1.807) is 26.8 Å². The highest BCUT2D eigenvalue weighted by Crippen LogP contribution is 2.08. The summed E-state index contributed by atoms with van der Waals surface area (Å²) in [7, 11) is 0. The van der Waals surface area contributed by atoms with Crippen LogP contribution in [-0.4, -0.2) is 15.9 Å². The zero-order chi connectivity index (χ0) is 15.0. The van der Waals surface area contributed by atoms with Crippen LogP contribution in [-0.2, 0) is 4.79 Å². The first-order valence-corrected chi connectivity index (χ1v) is 6.60. The summed E-state index contributed by atoms with van der Waals surface area (Å²) >= 11 is 0. The molecule has 106 valence electrons. The van der Waals surface area contributed by atoms with Gasteiger partial charge in [-0.25, -0.2) is 0 Å². The molecule has 0 radical (unpaired) electrons. The van der Waals surface area contributed by atoms with Gasteiger partial charge in [-0.3, -0.25) is 4.79 Å². The second-order valence-electron chi connectivity index (χ2n) is 4.81. The number of allylic oxidation sites excluding steroid dienone is 6. The summed E-state index contributed by atoms with van der Waals surface area (Å²) in [5.74, 6) is -0.170. The number of carbonyl (C=O) groups excluding carboxylic acids is 1. The van der Waals surface area contributed by atoms with Crippen molar-refractivity contribution < 1.29 is 9.90 Å². The number of aromatic nitrogens is 1. The second-order valence-corrected chi connectivity index (χ2v) is 4.81. The molecule has 20 heavy (non-hydrogen) atoms. The maximum Gasteiger partial charge on any atom is 0.161 e. The highest BCUT2D eigenvalue weighted by molar-refractivity contribution is 5.92. The normalized spacial score (nSPS) is 13.8. The van der Waals surface area contributed by atoms with Crippen LogP contribution in [0.1, 0.15) is 26.5 Å². The van der Waals surface area contributed by atoms with Crippen molar-refractivity contribution in [3.63, 3.8) is 0 Å². The van der Waals surface area contributed by atoms with Gasteiger partial charge in [-0.05, 0) is 30.7 Å². The molecule has 2 N–H and O–H groups in total. The van der Waals surface area contributed by atoms with E-state index in [1.165, 1.54) is 6.08 Å². The molecule has 0 aromatic carbocycles. The smallest absolute Gasteiger partial charge is 0.161 e. The molecule has 0 unspecified atom stereocenters. The molecule has 1 rings (SSSR count). The van der Waals surface area contributed by atoms with Gasteiger partial charge in [0.15, 0.2) is 5.78 Å². The van der Waals surface area contributed by atoms with Gasteiger partial charge in [0.25, 0.3) is 0 Å². The van der Waals surface area contributed by atoms with Crippen molar-refractivity contribution in [2.45, 2.75) is 20.8 Å². The van der Waals surface area contributed by atoms with Crippen LogP contribution in [0.15, 0.2) is 60.0 Å². The van der Waals surface area contributed by atoms with E-state index in [-0.39, 0.29) is 17.5 Å². The van der Waals surface area contributed by atoms with E-state index in [4.69, 9.17) is 0 Å². The number of hydrogen-bond acceptors (Lipinski definition) is 2. The van der Waals surface area contributed by atoms with Crippen LogP contribution in [0.25, 0.3) is 6.08 Å². The Balaban J connectivity index is 2.58. The molecule has 0 fully saturated rings. The van der Waals surface area contributed by atoms with E-state index in [1.807, 2.05) is 42.6 Å². The van der Waals surface area contributed by atoms with Crippen molar-refractivity contribution in [1.82, 2.24) is 4.98 Å². The number of H-pyrrole nitrogens is 1. The number of ketones is 1. The van der Waals surface area contributed by atoms with E-state index in [9.17, 15) is 9.90 Å². The lowest BCUT2D eigenvalue weighted by Gasteiger charge is -2.01. The van der Waals surface area contributed by atoms with E-state index in [0.717, 1.165) is 5.69 Å². The summed E-state index contributed by atoms with van der Waals surface area (Å²) in [5, 5.41) is 9.76. The standard InChI is InChI=1S/C17H21NO2/c1-13(2)16(19)12-17(20)14(3)8-5-4-6-9-15-10-7-11-18-15/h4-13,18,20H,1-3H3.